The molecule has 0 saturated heterocycles. The predicted molar refractivity (Wildman–Crippen MR) is 203 cm³/mol. The molecule has 264 valence electrons. The van der Waals surface area contributed by atoms with Gasteiger partial charge in [0.1, 0.15) is 0 Å². The first kappa shape index (κ1) is 33.9. The fraction of sp³-hybridized carbons (Fsp3) is 0.333. The zero-order valence-corrected chi connectivity index (χ0v) is 33.6. The van der Waals surface area contributed by atoms with Gasteiger partial charge in [-0.3, -0.25) is 0 Å². The summed E-state index contributed by atoms with van der Waals surface area (Å²) in [5.41, 5.74) is 11.9. The normalized spacial score (nSPS) is 16.9. The molecule has 8 rings (SSSR count). The van der Waals surface area contributed by atoms with Gasteiger partial charge in [0.25, 0.3) is 0 Å². The summed E-state index contributed by atoms with van der Waals surface area (Å²) in [4.78, 5) is 7.45. The second-order valence-corrected chi connectivity index (χ2v) is 17.9. The van der Waals surface area contributed by atoms with Crippen LogP contribution in [0.15, 0.2) is 85.1 Å². The van der Waals surface area contributed by atoms with Crippen molar-refractivity contribution < 1.29 is 24.1 Å². The zero-order chi connectivity index (χ0) is 36.2. The third-order valence-corrected chi connectivity index (χ3v) is 13.7. The number of benzene rings is 4. The van der Waals surface area contributed by atoms with E-state index < -0.39 is 0 Å². The maximum absolute atomic E-state index is 6.63. The molecule has 0 N–H and O–H groups in total. The molecule has 5 nitrogen and oxygen atoms in total. The van der Waals surface area contributed by atoms with E-state index in [1.807, 2.05) is 24.4 Å². The van der Waals surface area contributed by atoms with Crippen LogP contribution >= 0.6 is 0 Å². The van der Waals surface area contributed by atoms with Crippen LogP contribution in [0.5, 0.6) is 11.5 Å². The summed E-state index contributed by atoms with van der Waals surface area (Å²) in [6, 6.07) is 35.2. The maximum atomic E-state index is 6.63. The molecule has 6 heteroatoms. The number of aryl methyl sites for hydroxylation is 1. The Labute approximate surface area is 313 Å². The molecule has 0 spiro atoms. The molecular formula is C45H46N4OPt-2. The molecule has 0 bridgehead atoms. The zero-order valence-electron chi connectivity index (χ0n) is 31.3. The number of hydrogen-bond acceptors (Lipinski definition) is 3. The van der Waals surface area contributed by atoms with E-state index in [4.69, 9.17) is 9.72 Å². The van der Waals surface area contributed by atoms with E-state index in [0.717, 1.165) is 38.5 Å². The average Bonchev–Trinajstić information content (AvgIpc) is 3.40. The van der Waals surface area contributed by atoms with Crippen molar-refractivity contribution in [3.8, 4) is 17.2 Å². The van der Waals surface area contributed by atoms with Crippen molar-refractivity contribution in [3.05, 3.63) is 129 Å². The number of rotatable bonds is 4. The van der Waals surface area contributed by atoms with Gasteiger partial charge in [-0.1, -0.05) is 74.4 Å². The Hall–Kier alpha value is -4.21. The second-order valence-electron chi connectivity index (χ2n) is 16.9. The molecular weight excluding hydrogens is 808 g/mol. The van der Waals surface area contributed by atoms with Gasteiger partial charge < -0.3 is 0 Å². The molecule has 0 saturated carbocycles. The molecule has 4 aromatic carbocycles. The molecule has 1 aliphatic carbocycles. The van der Waals surface area contributed by atoms with E-state index in [9.17, 15) is 0 Å². The van der Waals surface area contributed by atoms with Crippen molar-refractivity contribution in [2.75, 3.05) is 4.90 Å². The molecule has 0 unspecified atom stereocenters. The van der Waals surface area contributed by atoms with Gasteiger partial charge in [0.15, 0.2) is 0 Å². The topological polar surface area (TPSA) is 35.2 Å². The summed E-state index contributed by atoms with van der Waals surface area (Å²) in [6.07, 6.45) is 2.78. The van der Waals surface area contributed by atoms with Crippen LogP contribution in [0.3, 0.4) is 0 Å². The van der Waals surface area contributed by atoms with E-state index in [1.165, 1.54) is 33.5 Å². The number of aromatic nitrogens is 3. The van der Waals surface area contributed by atoms with Crippen LogP contribution in [-0.4, -0.2) is 14.1 Å². The van der Waals surface area contributed by atoms with E-state index in [1.54, 1.807) is 0 Å². The van der Waals surface area contributed by atoms with Gasteiger partial charge in [-0.05, 0) is 38.9 Å². The molecule has 51 heavy (non-hydrogen) atoms. The van der Waals surface area contributed by atoms with E-state index in [2.05, 4.69) is 176 Å². The molecule has 3 heterocycles. The number of hydrogen-bond donors (Lipinski definition) is 0. The molecule has 0 fully saturated rings. The summed E-state index contributed by atoms with van der Waals surface area (Å²) in [5.74, 6) is 2.19. The Kier molecular flexibility index (Phi) is 7.57. The van der Waals surface area contributed by atoms with Gasteiger partial charge in [-0.25, -0.2) is 0 Å². The van der Waals surface area contributed by atoms with Crippen molar-refractivity contribution in [1.82, 2.24) is 14.1 Å². The Bertz CT molecular complexity index is 2440. The summed E-state index contributed by atoms with van der Waals surface area (Å²) in [6.45, 7) is 21.3. The quantitative estimate of drug-likeness (QED) is 0.166. The van der Waals surface area contributed by atoms with Gasteiger partial charge in [-0.15, -0.1) is 0 Å². The number of para-hydroxylation sites is 2. The Morgan fingerprint density at radius 1 is 0.784 bits per heavy atom. The monoisotopic (exact) mass is 853 g/mol. The fourth-order valence-electron chi connectivity index (χ4n) is 8.30. The first-order valence-corrected chi connectivity index (χ1v) is 19.0. The molecule has 1 aliphatic heterocycles. The van der Waals surface area contributed by atoms with Gasteiger partial charge in [0.2, 0.25) is 0 Å². The molecule has 0 atom stereocenters. The minimum absolute atomic E-state index is 0.0135. The third-order valence-electron chi connectivity index (χ3n) is 12.5. The van der Waals surface area contributed by atoms with E-state index >= 15 is 0 Å². The average molecular weight is 854 g/mol. The van der Waals surface area contributed by atoms with Gasteiger partial charge >= 0.3 is 195 Å². The minimum atomic E-state index is -0.102. The third kappa shape index (κ3) is 4.98. The SMILES string of the molecule is Cn1[c](=[Pt])n(-c2[c-]c(Oc3[c-]c4c(cc3)Cc3ccc5c(c3N4c3cc(C(C)(C)C)ccn3)C(C)(C)C(C)(C)C5(C)C)ccc2)c2ccccc21. The first-order valence-electron chi connectivity index (χ1n) is 17.8. The number of pyridine rings is 1. The van der Waals surface area contributed by atoms with E-state index in [0.29, 0.717) is 11.5 Å². The predicted octanol–water partition coefficient (Wildman–Crippen LogP) is 11.1. The van der Waals surface area contributed by atoms with Crippen molar-refractivity contribution in [2.45, 2.75) is 85.0 Å². The molecule has 2 aliphatic rings. The Balaban J connectivity index is 1.28. The fourth-order valence-corrected chi connectivity index (χ4v) is 9.12. The molecule has 0 amide bonds. The summed E-state index contributed by atoms with van der Waals surface area (Å²) in [5, 5.41) is 0. The number of imidazole rings is 1. The van der Waals surface area contributed by atoms with Crippen LogP contribution in [0.2, 0.25) is 0 Å². The van der Waals surface area contributed by atoms with Gasteiger partial charge in [-0.2, -0.15) is 0 Å². The number of ether oxygens (including phenoxy) is 1. The summed E-state index contributed by atoms with van der Waals surface area (Å²) >= 11 is 2.38. The number of fused-ring (bicyclic) bond motifs is 5. The summed E-state index contributed by atoms with van der Waals surface area (Å²) in [7, 11) is 2.10. The Morgan fingerprint density at radius 2 is 1.49 bits per heavy atom. The second kappa shape index (κ2) is 11.4. The molecule has 2 aromatic heterocycles. The van der Waals surface area contributed by atoms with E-state index in [-0.39, 0.29) is 21.7 Å². The van der Waals surface area contributed by atoms with Gasteiger partial charge in [0, 0.05) is 6.20 Å². The van der Waals surface area contributed by atoms with Crippen molar-refractivity contribution >= 4 is 28.2 Å². The van der Waals surface area contributed by atoms with Crippen LogP contribution in [0.25, 0.3) is 16.7 Å². The van der Waals surface area contributed by atoms with Crippen LogP contribution in [0.4, 0.5) is 17.2 Å². The van der Waals surface area contributed by atoms with Crippen LogP contribution in [0.1, 0.15) is 90.1 Å². The molecule has 6 aromatic rings. The Morgan fingerprint density at radius 3 is 2.24 bits per heavy atom. The van der Waals surface area contributed by atoms with Crippen LogP contribution < -0.4 is 9.64 Å². The van der Waals surface area contributed by atoms with Crippen molar-refractivity contribution in [3.63, 3.8) is 0 Å². The molecule has 0 radical (unpaired) electrons. The first-order chi connectivity index (χ1) is 24.0. The van der Waals surface area contributed by atoms with Crippen molar-refractivity contribution in [1.29, 1.82) is 0 Å². The van der Waals surface area contributed by atoms with Gasteiger partial charge in [0.05, 0.1) is 0 Å². The van der Waals surface area contributed by atoms with Crippen LogP contribution in [-0.2, 0) is 49.1 Å². The van der Waals surface area contributed by atoms with Crippen LogP contribution in [0, 0.1) is 21.4 Å². The standard InChI is InChI=1S/C45H46N4O.Pt/c1-42(2,3)31-22-23-46-39(25-31)49-38-27-34(50-33-15-13-14-32(26-33)48-28-47(10)36-16-11-12-17-37(36)48)20-18-29(38)24-30-19-21-35-40(41(30)49)44(6,7)45(8,9)43(35,4)5;/h11-23,25H,24H2,1-10H3;/q-2;. The van der Waals surface area contributed by atoms with Crippen molar-refractivity contribution in [2.24, 2.45) is 12.5 Å². The number of nitrogens with zero attached hydrogens (tertiary/aromatic N) is 4. The summed E-state index contributed by atoms with van der Waals surface area (Å²) < 4.78 is 12.1. The number of anilines is 3.